The number of rotatable bonds is 6. The fourth-order valence-electron chi connectivity index (χ4n) is 4.85. The van der Waals surface area contributed by atoms with Crippen LogP contribution in [0.1, 0.15) is 32.6 Å². The van der Waals surface area contributed by atoms with E-state index in [1.54, 1.807) is 18.0 Å². The molecular formula is C27H27N3O5S. The highest BCUT2D eigenvalue weighted by Crippen LogP contribution is 2.39. The summed E-state index contributed by atoms with van der Waals surface area (Å²) in [5.74, 6) is 2.95. The second-order valence-corrected chi connectivity index (χ2v) is 10.2. The lowest BCUT2D eigenvalue weighted by molar-refractivity contribution is -0.128. The van der Waals surface area contributed by atoms with Crippen LogP contribution in [0.2, 0.25) is 0 Å². The van der Waals surface area contributed by atoms with Crippen molar-refractivity contribution >= 4 is 23.6 Å². The Morgan fingerprint density at radius 1 is 0.944 bits per heavy atom. The maximum atomic E-state index is 13.1. The lowest BCUT2D eigenvalue weighted by Crippen LogP contribution is -2.48. The largest absolute Gasteiger partial charge is 0.467 e. The van der Waals surface area contributed by atoms with E-state index in [0.717, 1.165) is 42.5 Å². The van der Waals surface area contributed by atoms with E-state index in [0.29, 0.717) is 31.0 Å². The first kappa shape index (κ1) is 23.0. The van der Waals surface area contributed by atoms with E-state index in [1.165, 1.54) is 5.56 Å². The number of amides is 2. The Morgan fingerprint density at radius 2 is 1.75 bits per heavy atom. The average Bonchev–Trinajstić information content (AvgIpc) is 3.67. The Kier molecular flexibility index (Phi) is 6.33. The summed E-state index contributed by atoms with van der Waals surface area (Å²) in [6.45, 7) is 4.56. The lowest BCUT2D eigenvalue weighted by Gasteiger charge is -2.35. The van der Waals surface area contributed by atoms with Crippen LogP contribution in [0.5, 0.6) is 11.5 Å². The number of hydrogen-bond donors (Lipinski definition) is 0. The van der Waals surface area contributed by atoms with Crippen molar-refractivity contribution in [2.75, 3.05) is 38.7 Å². The van der Waals surface area contributed by atoms with Crippen LogP contribution in [0.3, 0.4) is 0 Å². The van der Waals surface area contributed by atoms with Crippen molar-refractivity contribution in [1.29, 1.82) is 0 Å². The molecule has 2 fully saturated rings. The first-order chi connectivity index (χ1) is 17.6. The highest BCUT2D eigenvalue weighted by molar-refractivity contribution is 8.00. The minimum Gasteiger partial charge on any atom is -0.467 e. The van der Waals surface area contributed by atoms with E-state index in [4.69, 9.17) is 13.9 Å². The zero-order valence-electron chi connectivity index (χ0n) is 19.8. The van der Waals surface area contributed by atoms with Gasteiger partial charge in [-0.3, -0.25) is 14.5 Å². The first-order valence-electron chi connectivity index (χ1n) is 12.1. The number of thioether (sulfide) groups is 1. The molecule has 3 aliphatic heterocycles. The van der Waals surface area contributed by atoms with Gasteiger partial charge in [-0.15, -0.1) is 11.8 Å². The molecule has 1 aromatic heterocycles. The zero-order valence-corrected chi connectivity index (χ0v) is 20.6. The molecule has 2 saturated heterocycles. The van der Waals surface area contributed by atoms with E-state index in [-0.39, 0.29) is 24.0 Å². The number of carbonyl (C=O) groups excluding carboxylic acids is 2. The molecule has 36 heavy (non-hydrogen) atoms. The van der Waals surface area contributed by atoms with Gasteiger partial charge in [0.1, 0.15) is 11.1 Å². The van der Waals surface area contributed by atoms with Crippen molar-refractivity contribution in [2.24, 2.45) is 0 Å². The minimum atomic E-state index is -0.0773. The van der Waals surface area contributed by atoms with Crippen molar-refractivity contribution in [1.82, 2.24) is 14.7 Å². The normalized spacial score (nSPS) is 19.8. The second-order valence-electron chi connectivity index (χ2n) is 9.14. The third kappa shape index (κ3) is 4.68. The van der Waals surface area contributed by atoms with Gasteiger partial charge in [0.15, 0.2) is 11.5 Å². The van der Waals surface area contributed by atoms with Crippen LogP contribution in [0.15, 0.2) is 65.3 Å². The molecule has 1 unspecified atom stereocenters. The molecule has 2 amide bonds. The molecule has 0 spiro atoms. The molecule has 0 radical (unpaired) electrons. The number of carbonyl (C=O) groups is 2. The standard InChI is InChI=1S/C27H27N3O5S/c31-25-17-36-27(30(25)16-22-2-1-13-33-22)21-6-4-20(5-7-21)26(32)29-11-9-28(10-12-29)15-19-3-8-23-24(14-19)35-18-34-23/h1-8,13-14,27H,9-12,15-18H2. The monoisotopic (exact) mass is 505 g/mol. The summed E-state index contributed by atoms with van der Waals surface area (Å²) in [7, 11) is 0. The van der Waals surface area contributed by atoms with Crippen LogP contribution in [-0.4, -0.2) is 65.2 Å². The predicted molar refractivity (Wildman–Crippen MR) is 135 cm³/mol. The zero-order chi connectivity index (χ0) is 24.5. The number of ether oxygens (including phenoxy) is 2. The quantitative estimate of drug-likeness (QED) is 0.505. The molecule has 0 N–H and O–H groups in total. The molecule has 8 nitrogen and oxygen atoms in total. The predicted octanol–water partition coefficient (Wildman–Crippen LogP) is 3.74. The molecular weight excluding hydrogens is 478 g/mol. The van der Waals surface area contributed by atoms with Crippen molar-refractivity contribution in [3.8, 4) is 11.5 Å². The number of furan rings is 1. The van der Waals surface area contributed by atoms with E-state index < -0.39 is 0 Å². The Bertz CT molecular complexity index is 1240. The number of benzene rings is 2. The van der Waals surface area contributed by atoms with Gasteiger partial charge in [0.2, 0.25) is 12.7 Å². The van der Waals surface area contributed by atoms with Crippen LogP contribution in [0.25, 0.3) is 0 Å². The number of nitrogens with zero attached hydrogens (tertiary/aromatic N) is 3. The van der Waals surface area contributed by atoms with Crippen molar-refractivity contribution in [3.63, 3.8) is 0 Å². The average molecular weight is 506 g/mol. The van der Waals surface area contributed by atoms with Gasteiger partial charge in [-0.1, -0.05) is 18.2 Å². The Labute approximate surface area is 213 Å². The summed E-state index contributed by atoms with van der Waals surface area (Å²) < 4.78 is 16.3. The molecule has 9 heteroatoms. The van der Waals surface area contributed by atoms with Gasteiger partial charge >= 0.3 is 0 Å². The Balaban J connectivity index is 1.05. The van der Waals surface area contributed by atoms with E-state index >= 15 is 0 Å². The molecule has 6 rings (SSSR count). The van der Waals surface area contributed by atoms with E-state index in [9.17, 15) is 9.59 Å². The van der Waals surface area contributed by atoms with Gasteiger partial charge in [-0.25, -0.2) is 0 Å². The smallest absolute Gasteiger partial charge is 0.253 e. The highest BCUT2D eigenvalue weighted by Gasteiger charge is 2.33. The molecule has 4 heterocycles. The fraction of sp³-hybridized carbons (Fsp3) is 0.333. The maximum absolute atomic E-state index is 13.1. The van der Waals surface area contributed by atoms with Crippen molar-refractivity contribution in [2.45, 2.75) is 18.5 Å². The van der Waals surface area contributed by atoms with Gasteiger partial charge in [0.05, 0.1) is 18.6 Å². The molecule has 0 aliphatic carbocycles. The summed E-state index contributed by atoms with van der Waals surface area (Å²) in [5.41, 5.74) is 2.87. The van der Waals surface area contributed by atoms with Crippen LogP contribution in [-0.2, 0) is 17.9 Å². The first-order valence-corrected chi connectivity index (χ1v) is 13.1. The number of piperazine rings is 1. The second kappa shape index (κ2) is 9.91. The van der Waals surface area contributed by atoms with Crippen molar-refractivity contribution in [3.05, 3.63) is 83.3 Å². The van der Waals surface area contributed by atoms with Crippen LogP contribution < -0.4 is 9.47 Å². The third-order valence-electron chi connectivity index (χ3n) is 6.82. The van der Waals surface area contributed by atoms with Gasteiger partial charge in [0, 0.05) is 38.3 Å². The van der Waals surface area contributed by atoms with Crippen molar-refractivity contribution < 1.29 is 23.5 Å². The lowest BCUT2D eigenvalue weighted by atomic mass is 10.1. The Morgan fingerprint density at radius 3 is 2.53 bits per heavy atom. The molecule has 3 aliphatic rings. The highest BCUT2D eigenvalue weighted by atomic mass is 32.2. The van der Waals surface area contributed by atoms with E-state index in [2.05, 4.69) is 11.0 Å². The van der Waals surface area contributed by atoms with Gasteiger partial charge in [0.25, 0.3) is 5.91 Å². The Hall–Kier alpha value is -3.43. The maximum Gasteiger partial charge on any atom is 0.253 e. The van der Waals surface area contributed by atoms with Crippen LogP contribution in [0.4, 0.5) is 0 Å². The molecule has 186 valence electrons. The van der Waals surface area contributed by atoms with Crippen LogP contribution >= 0.6 is 11.8 Å². The third-order valence-corrected chi connectivity index (χ3v) is 8.08. The SMILES string of the molecule is O=C(c1ccc(C2SCC(=O)N2Cc2ccco2)cc1)N1CCN(Cc2ccc3c(c2)OCO3)CC1. The molecule has 2 aromatic carbocycles. The van der Waals surface area contributed by atoms with E-state index in [1.807, 2.05) is 58.3 Å². The summed E-state index contributed by atoms with van der Waals surface area (Å²) >= 11 is 1.60. The molecule has 0 saturated carbocycles. The minimum absolute atomic E-state index is 0.0480. The topological polar surface area (TPSA) is 75.5 Å². The summed E-state index contributed by atoms with van der Waals surface area (Å²) in [6, 6.07) is 17.5. The van der Waals surface area contributed by atoms with Gasteiger partial charge < -0.3 is 23.7 Å². The van der Waals surface area contributed by atoms with Gasteiger partial charge in [-0.05, 0) is 47.5 Å². The summed E-state index contributed by atoms with van der Waals surface area (Å²) in [4.78, 5) is 31.7. The molecule has 3 aromatic rings. The molecule has 0 bridgehead atoms. The summed E-state index contributed by atoms with van der Waals surface area (Å²) in [5, 5.41) is -0.0773. The number of fused-ring (bicyclic) bond motifs is 1. The van der Waals surface area contributed by atoms with Crippen LogP contribution in [0, 0.1) is 0 Å². The molecule has 1 atom stereocenters. The summed E-state index contributed by atoms with van der Waals surface area (Å²) in [6.07, 6.45) is 1.62. The van der Waals surface area contributed by atoms with Gasteiger partial charge in [-0.2, -0.15) is 0 Å². The fourth-order valence-corrected chi connectivity index (χ4v) is 6.04. The number of hydrogen-bond acceptors (Lipinski definition) is 7.